The fourth-order valence-electron chi connectivity index (χ4n) is 4.95. The van der Waals surface area contributed by atoms with Crippen LogP contribution in [0.25, 0.3) is 16.6 Å². The fraction of sp³-hybridized carbons (Fsp3) is 0.261. The van der Waals surface area contributed by atoms with Gasteiger partial charge in [-0.2, -0.15) is 0 Å². The number of aromatic nitrogens is 3. The third-order valence-electron chi connectivity index (χ3n) is 6.42. The van der Waals surface area contributed by atoms with Crippen molar-refractivity contribution >= 4 is 28.3 Å². The van der Waals surface area contributed by atoms with Crippen LogP contribution in [-0.2, 0) is 0 Å². The molecule has 1 saturated heterocycles. The van der Waals surface area contributed by atoms with Gasteiger partial charge in [-0.15, -0.1) is 13.2 Å². The molecule has 2 N–H and O–H groups in total. The standard InChI is InChI=1S/C23H16F5N5O3/c24-12-6-14-15(33-9-30-8-16(33)21(29)31-14)5-10(12)22(34)32-3-1-2-17-20(32)11-4-13(25)19(7-18(11)35-17)36-23(26,27)28/h4-9,17,20H,1-3H2,(H2,29,31)/t17-,20-/m1/s1. The predicted molar refractivity (Wildman–Crippen MR) is 115 cm³/mol. The van der Waals surface area contributed by atoms with Crippen molar-refractivity contribution in [2.75, 3.05) is 12.3 Å². The molecule has 0 saturated carbocycles. The van der Waals surface area contributed by atoms with Crippen LogP contribution in [0.5, 0.6) is 11.5 Å². The minimum absolute atomic E-state index is 0.0240. The second-order valence-electron chi connectivity index (χ2n) is 8.58. The maximum absolute atomic E-state index is 15.1. The Bertz CT molecular complexity index is 1550. The first kappa shape index (κ1) is 22.3. The van der Waals surface area contributed by atoms with E-state index in [-0.39, 0.29) is 34.8 Å². The van der Waals surface area contributed by atoms with Crippen LogP contribution < -0.4 is 15.2 Å². The molecule has 0 bridgehead atoms. The molecule has 8 nitrogen and oxygen atoms in total. The number of carbonyl (C=O) groups excluding carboxylic acids is 1. The highest BCUT2D eigenvalue weighted by Gasteiger charge is 2.45. The molecule has 2 aliphatic heterocycles. The molecule has 0 unspecified atom stereocenters. The number of amides is 1. The van der Waals surface area contributed by atoms with Crippen LogP contribution in [0.15, 0.2) is 36.8 Å². The molecule has 2 atom stereocenters. The zero-order chi connectivity index (χ0) is 25.4. The van der Waals surface area contributed by atoms with E-state index >= 15 is 4.39 Å². The van der Waals surface area contributed by atoms with Gasteiger partial charge in [-0.1, -0.05) is 0 Å². The average Bonchev–Trinajstić information content (AvgIpc) is 3.43. The van der Waals surface area contributed by atoms with E-state index in [1.165, 1.54) is 23.5 Å². The molecule has 2 aromatic carbocycles. The van der Waals surface area contributed by atoms with Gasteiger partial charge in [0.25, 0.3) is 5.91 Å². The van der Waals surface area contributed by atoms with E-state index in [2.05, 4.69) is 14.7 Å². The van der Waals surface area contributed by atoms with Crippen LogP contribution in [0.1, 0.15) is 34.8 Å². The van der Waals surface area contributed by atoms with Crippen molar-refractivity contribution in [2.45, 2.75) is 31.3 Å². The highest BCUT2D eigenvalue weighted by atomic mass is 19.4. The molecule has 2 aliphatic rings. The number of rotatable bonds is 2. The largest absolute Gasteiger partial charge is 0.573 e. The molecule has 0 aliphatic carbocycles. The number of fused-ring (bicyclic) bond motifs is 6. The Morgan fingerprint density at radius 1 is 1.14 bits per heavy atom. The van der Waals surface area contributed by atoms with Crippen LogP contribution in [0.2, 0.25) is 0 Å². The first-order valence-corrected chi connectivity index (χ1v) is 10.9. The highest BCUT2D eigenvalue weighted by Crippen LogP contribution is 2.47. The first-order valence-electron chi connectivity index (χ1n) is 10.9. The van der Waals surface area contributed by atoms with Gasteiger partial charge in [0.1, 0.15) is 29.0 Å². The second kappa shape index (κ2) is 7.67. The van der Waals surface area contributed by atoms with Crippen LogP contribution in [0.3, 0.4) is 0 Å². The first-order chi connectivity index (χ1) is 17.1. The minimum atomic E-state index is -5.09. The summed E-state index contributed by atoms with van der Waals surface area (Å²) >= 11 is 0. The van der Waals surface area contributed by atoms with Crippen LogP contribution in [-0.4, -0.2) is 44.2 Å². The summed E-state index contributed by atoms with van der Waals surface area (Å²) in [5, 5.41) is 0. The molecule has 6 rings (SSSR count). The number of imidazole rings is 1. The van der Waals surface area contributed by atoms with E-state index in [1.807, 2.05) is 0 Å². The molecular weight excluding hydrogens is 489 g/mol. The molecule has 186 valence electrons. The predicted octanol–water partition coefficient (Wildman–Crippen LogP) is 4.38. The Labute approximate surface area is 199 Å². The third kappa shape index (κ3) is 3.45. The van der Waals surface area contributed by atoms with Crippen LogP contribution in [0, 0.1) is 11.6 Å². The lowest BCUT2D eigenvalue weighted by Crippen LogP contribution is -2.44. The summed E-state index contributed by atoms with van der Waals surface area (Å²) in [6, 6.07) is 3.31. The van der Waals surface area contributed by atoms with E-state index in [9.17, 15) is 22.4 Å². The molecular formula is C23H16F5N5O3. The number of nitrogens with zero attached hydrogens (tertiary/aromatic N) is 4. The van der Waals surface area contributed by atoms with E-state index in [1.54, 1.807) is 4.40 Å². The van der Waals surface area contributed by atoms with Gasteiger partial charge in [0.15, 0.2) is 11.6 Å². The molecule has 13 heteroatoms. The van der Waals surface area contributed by atoms with Gasteiger partial charge >= 0.3 is 6.36 Å². The number of benzene rings is 2. The zero-order valence-corrected chi connectivity index (χ0v) is 18.2. The second-order valence-corrected chi connectivity index (χ2v) is 8.58. The number of hydrogen-bond acceptors (Lipinski definition) is 6. The van der Waals surface area contributed by atoms with E-state index in [0.29, 0.717) is 23.9 Å². The number of nitrogen functional groups attached to an aromatic ring is 1. The van der Waals surface area contributed by atoms with Gasteiger partial charge in [0.2, 0.25) is 0 Å². The maximum Gasteiger partial charge on any atom is 0.573 e. The SMILES string of the molecule is Nc1nc2cc(F)c(C(=O)N3CCC[C@H]4Oc5cc(OC(F)(F)F)c(F)cc5[C@H]43)cc2n2cncc12. The Morgan fingerprint density at radius 3 is 2.72 bits per heavy atom. The van der Waals surface area contributed by atoms with Gasteiger partial charge < -0.3 is 20.1 Å². The van der Waals surface area contributed by atoms with Crippen molar-refractivity contribution in [1.82, 2.24) is 19.3 Å². The molecule has 1 amide bonds. The molecule has 1 fully saturated rings. The minimum Gasteiger partial charge on any atom is -0.487 e. The Kier molecular flexibility index (Phi) is 4.75. The Hall–Kier alpha value is -4.16. The summed E-state index contributed by atoms with van der Waals surface area (Å²) in [5.74, 6) is -3.68. The summed E-state index contributed by atoms with van der Waals surface area (Å²) in [6.45, 7) is 0.211. The number of anilines is 1. The summed E-state index contributed by atoms with van der Waals surface area (Å²) in [5.41, 5.74) is 6.94. The molecule has 0 spiro atoms. The van der Waals surface area contributed by atoms with Gasteiger partial charge in [0, 0.05) is 24.2 Å². The topological polar surface area (TPSA) is 95.0 Å². The Morgan fingerprint density at radius 2 is 1.94 bits per heavy atom. The molecule has 4 aromatic rings. The van der Waals surface area contributed by atoms with Gasteiger partial charge in [-0.05, 0) is 25.0 Å². The number of piperidine rings is 1. The zero-order valence-electron chi connectivity index (χ0n) is 18.2. The number of likely N-dealkylation sites (tertiary alicyclic amines) is 1. The van der Waals surface area contributed by atoms with Crippen LogP contribution in [0.4, 0.5) is 27.8 Å². The molecule has 36 heavy (non-hydrogen) atoms. The number of alkyl halides is 3. The Balaban J connectivity index is 1.41. The smallest absolute Gasteiger partial charge is 0.487 e. The summed E-state index contributed by atoms with van der Waals surface area (Å²) in [6.07, 6.45) is -1.81. The maximum atomic E-state index is 15.1. The van der Waals surface area contributed by atoms with Crippen molar-refractivity contribution in [3.63, 3.8) is 0 Å². The van der Waals surface area contributed by atoms with Gasteiger partial charge in [0.05, 0.1) is 35.2 Å². The molecule has 2 aromatic heterocycles. The fourth-order valence-corrected chi connectivity index (χ4v) is 4.95. The molecule has 0 radical (unpaired) electrons. The highest BCUT2D eigenvalue weighted by molar-refractivity contribution is 5.99. The van der Waals surface area contributed by atoms with Crippen molar-refractivity contribution in [3.8, 4) is 11.5 Å². The van der Waals surface area contributed by atoms with Crippen LogP contribution >= 0.6 is 0 Å². The number of hydrogen-bond donors (Lipinski definition) is 1. The van der Waals surface area contributed by atoms with Crippen molar-refractivity contribution < 1.29 is 36.2 Å². The van der Waals surface area contributed by atoms with E-state index in [4.69, 9.17) is 10.5 Å². The quantitative estimate of drug-likeness (QED) is 0.407. The van der Waals surface area contributed by atoms with Crippen molar-refractivity contribution in [1.29, 1.82) is 0 Å². The monoisotopic (exact) mass is 505 g/mol. The van der Waals surface area contributed by atoms with Gasteiger partial charge in [-0.25, -0.2) is 18.7 Å². The summed E-state index contributed by atoms with van der Waals surface area (Å²) in [4.78, 5) is 23.1. The van der Waals surface area contributed by atoms with Crippen molar-refractivity contribution in [2.24, 2.45) is 0 Å². The molecule has 4 heterocycles. The number of carbonyl (C=O) groups is 1. The van der Waals surface area contributed by atoms with Crippen molar-refractivity contribution in [3.05, 3.63) is 59.6 Å². The number of halogens is 5. The lowest BCUT2D eigenvalue weighted by atomic mass is 9.93. The van der Waals surface area contributed by atoms with E-state index in [0.717, 1.165) is 18.2 Å². The normalized spacial score (nSPS) is 19.3. The average molecular weight is 505 g/mol. The van der Waals surface area contributed by atoms with E-state index < -0.39 is 41.8 Å². The lowest BCUT2D eigenvalue weighted by molar-refractivity contribution is -0.275. The lowest BCUT2D eigenvalue weighted by Gasteiger charge is -2.36. The van der Waals surface area contributed by atoms with Gasteiger partial charge in [-0.3, -0.25) is 9.20 Å². The summed E-state index contributed by atoms with van der Waals surface area (Å²) < 4.78 is 78.6. The third-order valence-corrected chi connectivity index (χ3v) is 6.42. The number of ether oxygens (including phenoxy) is 2. The number of nitrogens with two attached hydrogens (primary N) is 1. The summed E-state index contributed by atoms with van der Waals surface area (Å²) in [7, 11) is 0.